The molecule has 1 unspecified atom stereocenters. The molecule has 26 heavy (non-hydrogen) atoms. The van der Waals surface area contributed by atoms with Crippen molar-refractivity contribution in [1.29, 1.82) is 0 Å². The van der Waals surface area contributed by atoms with E-state index >= 15 is 0 Å². The highest BCUT2D eigenvalue weighted by atomic mass is 15.3. The van der Waals surface area contributed by atoms with E-state index in [-0.39, 0.29) is 0 Å². The molecule has 142 valence electrons. The Kier molecular flexibility index (Phi) is 8.08. The lowest BCUT2D eigenvalue weighted by molar-refractivity contribution is 0.219. The lowest BCUT2D eigenvalue weighted by Crippen LogP contribution is -2.43. The van der Waals surface area contributed by atoms with E-state index < -0.39 is 0 Å². The molecule has 0 aliphatic carbocycles. The fourth-order valence-corrected chi connectivity index (χ4v) is 2.93. The number of hydrogen-bond donors (Lipinski definition) is 2. The van der Waals surface area contributed by atoms with E-state index in [4.69, 9.17) is 0 Å². The molecule has 0 aliphatic heterocycles. The average molecular weight is 358 g/mol. The number of likely N-dealkylation sites (N-methyl/N-ethyl adjacent to an activating group) is 1. The van der Waals surface area contributed by atoms with Crippen molar-refractivity contribution in [3.8, 4) is 0 Å². The van der Waals surface area contributed by atoms with Crippen LogP contribution < -0.4 is 10.6 Å². The maximum Gasteiger partial charge on any atom is 0.191 e. The van der Waals surface area contributed by atoms with E-state index in [2.05, 4.69) is 81.8 Å². The van der Waals surface area contributed by atoms with Gasteiger partial charge in [-0.1, -0.05) is 44.2 Å². The van der Waals surface area contributed by atoms with E-state index in [0.29, 0.717) is 12.6 Å². The number of aryl methyl sites for hydroxylation is 1. The zero-order chi connectivity index (χ0) is 18.8. The number of aromatic nitrogens is 3. The SMILES string of the molecule is CCNC(=NCc1nncn1C)NCC(c1ccccc1)N(CC)CC. The van der Waals surface area contributed by atoms with Gasteiger partial charge in [-0.05, 0) is 25.6 Å². The predicted octanol–water partition coefficient (Wildman–Crippen LogP) is 1.95. The highest BCUT2D eigenvalue weighted by molar-refractivity contribution is 5.79. The van der Waals surface area contributed by atoms with Crippen LogP contribution in [0.5, 0.6) is 0 Å². The van der Waals surface area contributed by atoms with Crippen LogP contribution in [0.15, 0.2) is 41.7 Å². The van der Waals surface area contributed by atoms with Crippen LogP contribution in [0, 0.1) is 0 Å². The first-order valence-electron chi connectivity index (χ1n) is 9.33. The minimum Gasteiger partial charge on any atom is -0.357 e. The molecule has 2 aromatic rings. The Balaban J connectivity index is 2.09. The van der Waals surface area contributed by atoms with Crippen molar-refractivity contribution in [1.82, 2.24) is 30.3 Å². The van der Waals surface area contributed by atoms with E-state index in [9.17, 15) is 0 Å². The lowest BCUT2D eigenvalue weighted by Gasteiger charge is -2.30. The molecule has 0 radical (unpaired) electrons. The zero-order valence-corrected chi connectivity index (χ0v) is 16.3. The minimum absolute atomic E-state index is 0.296. The normalized spacial score (nSPS) is 13.0. The summed E-state index contributed by atoms with van der Waals surface area (Å²) in [5, 5.41) is 14.8. The van der Waals surface area contributed by atoms with Crippen LogP contribution in [-0.2, 0) is 13.6 Å². The second-order valence-corrected chi connectivity index (χ2v) is 6.08. The van der Waals surface area contributed by atoms with Crippen LogP contribution >= 0.6 is 0 Å². The van der Waals surface area contributed by atoms with E-state index in [0.717, 1.165) is 38.0 Å². The third-order valence-corrected chi connectivity index (χ3v) is 4.43. The molecule has 1 heterocycles. The lowest BCUT2D eigenvalue weighted by atomic mass is 10.1. The van der Waals surface area contributed by atoms with Gasteiger partial charge in [0.2, 0.25) is 0 Å². The van der Waals surface area contributed by atoms with Gasteiger partial charge in [0.05, 0.1) is 6.04 Å². The van der Waals surface area contributed by atoms with Gasteiger partial charge in [-0.2, -0.15) is 0 Å². The summed E-state index contributed by atoms with van der Waals surface area (Å²) >= 11 is 0. The summed E-state index contributed by atoms with van der Waals surface area (Å²) < 4.78 is 1.88. The molecule has 0 saturated carbocycles. The maximum atomic E-state index is 4.65. The van der Waals surface area contributed by atoms with Crippen molar-refractivity contribution in [2.24, 2.45) is 12.0 Å². The summed E-state index contributed by atoms with van der Waals surface area (Å²) in [5.74, 6) is 1.63. The molecule has 0 fully saturated rings. The summed E-state index contributed by atoms with van der Waals surface area (Å²) in [7, 11) is 1.93. The number of nitrogens with one attached hydrogen (secondary N) is 2. The van der Waals surface area contributed by atoms with Crippen molar-refractivity contribution in [3.05, 3.63) is 48.0 Å². The third-order valence-electron chi connectivity index (χ3n) is 4.43. The average Bonchev–Trinajstić information content (AvgIpc) is 3.08. The number of benzene rings is 1. The first kappa shape index (κ1) is 19.9. The molecule has 0 saturated heterocycles. The molecular formula is C19H31N7. The summed E-state index contributed by atoms with van der Waals surface area (Å²) in [6.07, 6.45) is 1.69. The molecular weight excluding hydrogens is 326 g/mol. The Morgan fingerprint density at radius 1 is 1.15 bits per heavy atom. The van der Waals surface area contributed by atoms with E-state index in [1.807, 2.05) is 11.6 Å². The summed E-state index contributed by atoms with van der Waals surface area (Å²) in [6.45, 7) is 10.6. The number of aliphatic imine (C=N–C) groups is 1. The van der Waals surface area contributed by atoms with Crippen LogP contribution in [0.2, 0.25) is 0 Å². The number of hydrogen-bond acceptors (Lipinski definition) is 4. The van der Waals surface area contributed by atoms with Gasteiger partial charge in [-0.15, -0.1) is 10.2 Å². The quantitative estimate of drug-likeness (QED) is 0.530. The summed E-state index contributed by atoms with van der Waals surface area (Å²) in [6, 6.07) is 10.9. The smallest absolute Gasteiger partial charge is 0.191 e. The van der Waals surface area contributed by atoms with Crippen molar-refractivity contribution in [2.45, 2.75) is 33.4 Å². The number of nitrogens with zero attached hydrogens (tertiary/aromatic N) is 5. The van der Waals surface area contributed by atoms with E-state index in [1.165, 1.54) is 5.56 Å². The van der Waals surface area contributed by atoms with Gasteiger partial charge in [-0.25, -0.2) is 4.99 Å². The highest BCUT2D eigenvalue weighted by Gasteiger charge is 2.18. The fourth-order valence-electron chi connectivity index (χ4n) is 2.93. The highest BCUT2D eigenvalue weighted by Crippen LogP contribution is 2.19. The Hall–Kier alpha value is -2.41. The summed E-state index contributed by atoms with van der Waals surface area (Å²) in [5.41, 5.74) is 1.31. The Labute approximate surface area is 156 Å². The molecule has 0 aliphatic rings. The molecule has 7 heteroatoms. The van der Waals surface area contributed by atoms with Gasteiger partial charge in [0.25, 0.3) is 0 Å². The second kappa shape index (κ2) is 10.6. The predicted molar refractivity (Wildman–Crippen MR) is 106 cm³/mol. The van der Waals surface area contributed by atoms with Crippen molar-refractivity contribution >= 4 is 5.96 Å². The molecule has 2 N–H and O–H groups in total. The van der Waals surface area contributed by atoms with E-state index in [1.54, 1.807) is 6.33 Å². The Morgan fingerprint density at radius 3 is 2.46 bits per heavy atom. The molecule has 0 spiro atoms. The molecule has 1 atom stereocenters. The molecule has 1 aromatic heterocycles. The largest absolute Gasteiger partial charge is 0.357 e. The first-order valence-corrected chi connectivity index (χ1v) is 9.33. The van der Waals surface area contributed by atoms with Crippen molar-refractivity contribution in [3.63, 3.8) is 0 Å². The van der Waals surface area contributed by atoms with Crippen LogP contribution in [0.3, 0.4) is 0 Å². The van der Waals surface area contributed by atoms with Gasteiger partial charge < -0.3 is 15.2 Å². The van der Waals surface area contributed by atoms with Gasteiger partial charge >= 0.3 is 0 Å². The standard InChI is InChI=1S/C19H31N7/c1-5-20-19(22-14-18-24-23-15-25(18)4)21-13-17(26(6-2)7-3)16-11-9-8-10-12-16/h8-12,15,17H,5-7,13-14H2,1-4H3,(H2,20,21,22). The van der Waals surface area contributed by atoms with Gasteiger partial charge in [0.1, 0.15) is 12.9 Å². The fraction of sp³-hybridized carbons (Fsp3) is 0.526. The van der Waals surface area contributed by atoms with Crippen molar-refractivity contribution < 1.29 is 0 Å². The minimum atomic E-state index is 0.296. The van der Waals surface area contributed by atoms with Gasteiger partial charge in [-0.3, -0.25) is 4.90 Å². The monoisotopic (exact) mass is 357 g/mol. The number of rotatable bonds is 9. The summed E-state index contributed by atoms with van der Waals surface area (Å²) in [4.78, 5) is 7.10. The van der Waals surface area contributed by atoms with Gasteiger partial charge in [0.15, 0.2) is 11.8 Å². The Bertz CT molecular complexity index is 662. The third kappa shape index (κ3) is 5.56. The molecule has 1 aromatic carbocycles. The second-order valence-electron chi connectivity index (χ2n) is 6.08. The topological polar surface area (TPSA) is 70.4 Å². The molecule has 0 bridgehead atoms. The zero-order valence-electron chi connectivity index (χ0n) is 16.3. The maximum absolute atomic E-state index is 4.65. The van der Waals surface area contributed by atoms with Crippen LogP contribution in [0.25, 0.3) is 0 Å². The Morgan fingerprint density at radius 2 is 1.88 bits per heavy atom. The van der Waals surface area contributed by atoms with Gasteiger partial charge in [0, 0.05) is 20.1 Å². The van der Waals surface area contributed by atoms with Crippen LogP contribution in [0.4, 0.5) is 0 Å². The molecule has 7 nitrogen and oxygen atoms in total. The number of guanidine groups is 1. The van der Waals surface area contributed by atoms with Crippen LogP contribution in [0.1, 0.15) is 38.2 Å². The molecule has 0 amide bonds. The molecule has 2 rings (SSSR count). The first-order chi connectivity index (χ1) is 12.7. The van der Waals surface area contributed by atoms with Crippen molar-refractivity contribution in [2.75, 3.05) is 26.2 Å². The van der Waals surface area contributed by atoms with Crippen LogP contribution in [-0.4, -0.2) is 51.8 Å².